The van der Waals surface area contributed by atoms with E-state index in [1.54, 1.807) is 0 Å². The number of aromatic nitrogens is 1. The van der Waals surface area contributed by atoms with Gasteiger partial charge in [0.15, 0.2) is 0 Å². The lowest BCUT2D eigenvalue weighted by Crippen LogP contribution is -2.13. The van der Waals surface area contributed by atoms with E-state index in [1.165, 1.54) is 18.2 Å². The van der Waals surface area contributed by atoms with Crippen molar-refractivity contribution in [3.8, 4) is 5.75 Å². The summed E-state index contributed by atoms with van der Waals surface area (Å²) < 4.78 is 26.3. The monoisotopic (exact) mass is 328 g/mol. The summed E-state index contributed by atoms with van der Waals surface area (Å²) in [6.07, 6.45) is 0. The molecule has 2 N–H and O–H groups in total. The number of carbonyl (C=O) groups is 1. The first kappa shape index (κ1) is 13.4. The van der Waals surface area contributed by atoms with Crippen molar-refractivity contribution >= 4 is 27.5 Å². The number of aromatic hydroxyl groups is 1. The second-order valence-corrected chi connectivity index (χ2v) is 4.45. The third kappa shape index (κ3) is 3.05. The Morgan fingerprint density at radius 3 is 2.63 bits per heavy atom. The van der Waals surface area contributed by atoms with Gasteiger partial charge < -0.3 is 10.4 Å². The van der Waals surface area contributed by atoms with E-state index in [1.807, 2.05) is 0 Å². The van der Waals surface area contributed by atoms with Crippen LogP contribution in [0.2, 0.25) is 0 Å². The normalized spacial score (nSPS) is 10.3. The van der Waals surface area contributed by atoms with Crippen LogP contribution in [0, 0.1) is 11.9 Å². The third-order valence-electron chi connectivity index (χ3n) is 2.27. The van der Waals surface area contributed by atoms with Gasteiger partial charge in [-0.3, -0.25) is 4.79 Å². The molecule has 0 fully saturated rings. The van der Waals surface area contributed by atoms with Crippen molar-refractivity contribution in [2.75, 3.05) is 5.32 Å². The molecular formula is C12H7BrF2N2O2. The number of nitrogens with zero attached hydrogens (tertiary/aromatic N) is 1. The summed E-state index contributed by atoms with van der Waals surface area (Å²) >= 11 is 3.07. The van der Waals surface area contributed by atoms with Gasteiger partial charge in [0.25, 0.3) is 5.91 Å². The molecule has 1 aromatic heterocycles. The number of halogens is 3. The Bertz CT molecular complexity index is 650. The van der Waals surface area contributed by atoms with Crippen LogP contribution in [0.25, 0.3) is 0 Å². The molecule has 98 valence electrons. The van der Waals surface area contributed by atoms with Crippen LogP contribution in [0.5, 0.6) is 5.75 Å². The van der Waals surface area contributed by atoms with E-state index in [9.17, 15) is 18.7 Å². The Morgan fingerprint density at radius 1 is 1.26 bits per heavy atom. The molecule has 19 heavy (non-hydrogen) atoms. The van der Waals surface area contributed by atoms with Gasteiger partial charge in [0.05, 0.1) is 10.2 Å². The first-order chi connectivity index (χ1) is 8.97. The van der Waals surface area contributed by atoms with E-state index >= 15 is 0 Å². The molecule has 0 bridgehead atoms. The number of amides is 1. The highest BCUT2D eigenvalue weighted by Gasteiger charge is 2.12. The van der Waals surface area contributed by atoms with Gasteiger partial charge in [-0.25, -0.2) is 0 Å². The summed E-state index contributed by atoms with van der Waals surface area (Å²) in [5.74, 6) is -2.85. The highest BCUT2D eigenvalue weighted by atomic mass is 79.9. The molecule has 0 aliphatic rings. The van der Waals surface area contributed by atoms with Crippen molar-refractivity contribution in [3.63, 3.8) is 0 Å². The summed E-state index contributed by atoms with van der Waals surface area (Å²) in [6, 6.07) is 6.12. The van der Waals surface area contributed by atoms with Crippen LogP contribution in [0.15, 0.2) is 34.8 Å². The smallest absolute Gasteiger partial charge is 0.255 e. The van der Waals surface area contributed by atoms with Crippen LogP contribution in [0.3, 0.4) is 0 Å². The summed E-state index contributed by atoms with van der Waals surface area (Å²) in [5, 5.41) is 11.7. The van der Waals surface area contributed by atoms with E-state index in [0.29, 0.717) is 4.47 Å². The number of nitrogens with one attached hydrogen (secondary N) is 1. The largest absolute Gasteiger partial charge is 0.507 e. The van der Waals surface area contributed by atoms with Crippen LogP contribution in [0.4, 0.5) is 14.5 Å². The SMILES string of the molecule is O=C(Nc1ccc(F)nc1F)c1ccc(Br)c(O)c1. The predicted molar refractivity (Wildman–Crippen MR) is 67.9 cm³/mol. The molecule has 0 atom stereocenters. The molecular weight excluding hydrogens is 322 g/mol. The standard InChI is InChI=1S/C12H7BrF2N2O2/c13-7-2-1-6(5-9(7)18)12(19)16-8-3-4-10(14)17-11(8)15/h1-5,18H,(H,16,19). The molecule has 2 aromatic rings. The molecule has 0 saturated carbocycles. The van der Waals surface area contributed by atoms with Crippen LogP contribution in [0.1, 0.15) is 10.4 Å². The van der Waals surface area contributed by atoms with Gasteiger partial charge >= 0.3 is 0 Å². The second kappa shape index (κ2) is 5.31. The molecule has 1 heterocycles. The Hall–Kier alpha value is -2.02. The predicted octanol–water partition coefficient (Wildman–Crippen LogP) is 3.08. The maximum Gasteiger partial charge on any atom is 0.255 e. The van der Waals surface area contributed by atoms with E-state index in [4.69, 9.17) is 0 Å². The Morgan fingerprint density at radius 2 is 2.00 bits per heavy atom. The number of phenolic OH excluding ortho intramolecular Hbond substituents is 1. The Labute approximate surface area is 115 Å². The zero-order chi connectivity index (χ0) is 14.0. The van der Waals surface area contributed by atoms with Crippen LogP contribution in [-0.4, -0.2) is 16.0 Å². The van der Waals surface area contributed by atoms with Gasteiger partial charge in [0, 0.05) is 5.56 Å². The molecule has 0 unspecified atom stereocenters. The molecule has 0 spiro atoms. The summed E-state index contributed by atoms with van der Waals surface area (Å²) in [5.41, 5.74) is -0.113. The van der Waals surface area contributed by atoms with Gasteiger partial charge in [-0.05, 0) is 46.3 Å². The first-order valence-electron chi connectivity index (χ1n) is 5.09. The fourth-order valence-electron chi connectivity index (χ4n) is 1.35. The Balaban J connectivity index is 2.23. The minimum Gasteiger partial charge on any atom is -0.507 e. The number of phenols is 1. The molecule has 7 heteroatoms. The van der Waals surface area contributed by atoms with Gasteiger partial charge in [-0.1, -0.05) is 0 Å². The minimum absolute atomic E-state index is 0.120. The van der Waals surface area contributed by atoms with Crippen molar-refractivity contribution in [2.24, 2.45) is 0 Å². The van der Waals surface area contributed by atoms with Crippen LogP contribution in [-0.2, 0) is 0 Å². The number of carbonyl (C=O) groups excluding carboxylic acids is 1. The minimum atomic E-state index is -1.12. The number of pyridine rings is 1. The number of hydrogen-bond acceptors (Lipinski definition) is 3. The van der Waals surface area contributed by atoms with Crippen molar-refractivity contribution < 1.29 is 18.7 Å². The Kier molecular flexibility index (Phi) is 3.75. The maximum absolute atomic E-state index is 13.2. The molecule has 0 aliphatic carbocycles. The lowest BCUT2D eigenvalue weighted by Gasteiger charge is -2.06. The van der Waals surface area contributed by atoms with Gasteiger partial charge in [0.1, 0.15) is 5.75 Å². The lowest BCUT2D eigenvalue weighted by atomic mass is 10.2. The lowest BCUT2D eigenvalue weighted by molar-refractivity contribution is 0.102. The molecule has 2 rings (SSSR count). The maximum atomic E-state index is 13.2. The topological polar surface area (TPSA) is 62.2 Å². The van der Waals surface area contributed by atoms with E-state index in [2.05, 4.69) is 26.2 Å². The number of rotatable bonds is 2. The quantitative estimate of drug-likeness (QED) is 0.833. The molecule has 0 aliphatic heterocycles. The van der Waals surface area contributed by atoms with Crippen molar-refractivity contribution in [1.29, 1.82) is 0 Å². The van der Waals surface area contributed by atoms with E-state index in [-0.39, 0.29) is 17.0 Å². The van der Waals surface area contributed by atoms with Crippen molar-refractivity contribution in [3.05, 3.63) is 52.3 Å². The number of hydrogen-bond donors (Lipinski definition) is 2. The number of anilines is 1. The first-order valence-corrected chi connectivity index (χ1v) is 5.88. The summed E-state index contributed by atoms with van der Waals surface area (Å²) in [4.78, 5) is 14.7. The number of benzene rings is 1. The van der Waals surface area contributed by atoms with Gasteiger partial charge in [-0.2, -0.15) is 13.8 Å². The highest BCUT2D eigenvalue weighted by Crippen LogP contribution is 2.24. The van der Waals surface area contributed by atoms with Crippen LogP contribution < -0.4 is 5.32 Å². The summed E-state index contributed by atoms with van der Waals surface area (Å²) in [7, 11) is 0. The third-order valence-corrected chi connectivity index (χ3v) is 2.94. The second-order valence-electron chi connectivity index (χ2n) is 3.59. The molecule has 0 radical (unpaired) electrons. The fourth-order valence-corrected chi connectivity index (χ4v) is 1.60. The van der Waals surface area contributed by atoms with E-state index < -0.39 is 17.8 Å². The average Bonchev–Trinajstić information content (AvgIpc) is 2.36. The highest BCUT2D eigenvalue weighted by molar-refractivity contribution is 9.10. The van der Waals surface area contributed by atoms with E-state index in [0.717, 1.165) is 12.1 Å². The van der Waals surface area contributed by atoms with Gasteiger partial charge in [-0.15, -0.1) is 0 Å². The molecule has 4 nitrogen and oxygen atoms in total. The fraction of sp³-hybridized carbons (Fsp3) is 0. The zero-order valence-electron chi connectivity index (χ0n) is 9.32. The molecule has 1 aromatic carbocycles. The van der Waals surface area contributed by atoms with Gasteiger partial charge in [0.2, 0.25) is 11.9 Å². The molecule has 0 saturated heterocycles. The average molecular weight is 329 g/mol. The van der Waals surface area contributed by atoms with Crippen molar-refractivity contribution in [2.45, 2.75) is 0 Å². The zero-order valence-corrected chi connectivity index (χ0v) is 10.9. The molecule has 1 amide bonds. The van der Waals surface area contributed by atoms with Crippen LogP contribution >= 0.6 is 15.9 Å². The van der Waals surface area contributed by atoms with Crippen molar-refractivity contribution in [1.82, 2.24) is 4.98 Å². The summed E-state index contributed by atoms with van der Waals surface area (Å²) in [6.45, 7) is 0.